The van der Waals surface area contributed by atoms with Crippen LogP contribution in [0.15, 0.2) is 30.3 Å². The van der Waals surface area contributed by atoms with Gasteiger partial charge in [-0.15, -0.1) is 0 Å². The summed E-state index contributed by atoms with van der Waals surface area (Å²) in [5, 5.41) is 0. The van der Waals surface area contributed by atoms with E-state index in [2.05, 4.69) is 30.3 Å². The molecule has 0 heterocycles. The molecule has 0 N–H and O–H groups in total. The zero-order valence-electron chi connectivity index (χ0n) is 13.3. The normalized spacial score (nSPS) is 42.3. The molecule has 0 saturated heterocycles. The molecule has 0 radical (unpaired) electrons. The Morgan fingerprint density at radius 2 is 1.33 bits per heavy atom. The third-order valence-electron chi connectivity index (χ3n) is 6.85. The summed E-state index contributed by atoms with van der Waals surface area (Å²) >= 11 is 0. The van der Waals surface area contributed by atoms with E-state index in [0.29, 0.717) is 0 Å². The molecule has 0 amide bonds. The van der Waals surface area contributed by atoms with Crippen molar-refractivity contribution in [3.05, 3.63) is 35.9 Å². The average molecular weight is 284 g/mol. The van der Waals surface area contributed by atoms with Crippen LogP contribution < -0.4 is 0 Å². The zero-order valence-corrected chi connectivity index (χ0v) is 13.3. The lowest BCUT2D eigenvalue weighted by atomic mass is 9.70. The molecule has 5 atom stereocenters. The molecule has 0 bridgehead atoms. The Bertz CT molecular complexity index is 458. The van der Waals surface area contributed by atoms with Crippen molar-refractivity contribution in [2.24, 2.45) is 23.7 Å². The standard InChI is InChI=1S/C20H28O/c1-21-20(15-9-3-2-4-10-15)18-13-7-5-11-16(18)17-12-6-8-14-19(17)20/h2-4,9-10,16-19H,5-8,11-14H2,1H3/t16-,17-,18-,19+,20?/m1/s1. The van der Waals surface area contributed by atoms with Crippen LogP contribution in [0, 0.1) is 23.7 Å². The van der Waals surface area contributed by atoms with Gasteiger partial charge in [0.2, 0.25) is 0 Å². The van der Waals surface area contributed by atoms with Crippen molar-refractivity contribution in [1.82, 2.24) is 0 Å². The lowest BCUT2D eigenvalue weighted by Crippen LogP contribution is -2.41. The monoisotopic (exact) mass is 284 g/mol. The Morgan fingerprint density at radius 3 is 1.86 bits per heavy atom. The summed E-state index contributed by atoms with van der Waals surface area (Å²) in [5.74, 6) is 3.35. The van der Waals surface area contributed by atoms with Gasteiger partial charge in [-0.05, 0) is 54.9 Å². The Labute approximate surface area is 129 Å². The van der Waals surface area contributed by atoms with Gasteiger partial charge in [-0.3, -0.25) is 0 Å². The fraction of sp³-hybridized carbons (Fsp3) is 0.700. The van der Waals surface area contributed by atoms with Crippen LogP contribution in [0.2, 0.25) is 0 Å². The van der Waals surface area contributed by atoms with E-state index >= 15 is 0 Å². The van der Waals surface area contributed by atoms with Crippen molar-refractivity contribution in [1.29, 1.82) is 0 Å². The first-order valence-corrected chi connectivity index (χ1v) is 8.98. The minimum absolute atomic E-state index is 0.0113. The van der Waals surface area contributed by atoms with Crippen molar-refractivity contribution in [2.45, 2.75) is 57.0 Å². The summed E-state index contributed by atoms with van der Waals surface area (Å²) in [6, 6.07) is 11.2. The molecule has 21 heavy (non-hydrogen) atoms. The Hall–Kier alpha value is -0.820. The summed E-state index contributed by atoms with van der Waals surface area (Å²) < 4.78 is 6.42. The maximum absolute atomic E-state index is 6.42. The van der Waals surface area contributed by atoms with Crippen LogP contribution in [0.4, 0.5) is 0 Å². The van der Waals surface area contributed by atoms with Gasteiger partial charge >= 0.3 is 0 Å². The van der Waals surface area contributed by atoms with Crippen molar-refractivity contribution < 1.29 is 4.74 Å². The predicted molar refractivity (Wildman–Crippen MR) is 86.0 cm³/mol. The fourth-order valence-corrected chi connectivity index (χ4v) is 6.23. The van der Waals surface area contributed by atoms with Gasteiger partial charge in [-0.2, -0.15) is 0 Å². The Balaban J connectivity index is 1.83. The van der Waals surface area contributed by atoms with Crippen LogP contribution in [0.25, 0.3) is 0 Å². The zero-order chi connectivity index (χ0) is 14.3. The van der Waals surface area contributed by atoms with E-state index in [4.69, 9.17) is 4.74 Å². The van der Waals surface area contributed by atoms with Crippen molar-refractivity contribution in [3.63, 3.8) is 0 Å². The van der Waals surface area contributed by atoms with Crippen LogP contribution in [0.3, 0.4) is 0 Å². The highest BCUT2D eigenvalue weighted by Gasteiger charge is 2.61. The molecule has 1 aromatic rings. The number of fused-ring (bicyclic) bond motifs is 3. The average Bonchev–Trinajstić information content (AvgIpc) is 2.87. The lowest BCUT2D eigenvalue weighted by Gasteiger charge is -2.43. The molecule has 114 valence electrons. The van der Waals surface area contributed by atoms with E-state index < -0.39 is 0 Å². The van der Waals surface area contributed by atoms with Gasteiger partial charge in [-0.1, -0.05) is 56.0 Å². The minimum Gasteiger partial charge on any atom is -0.373 e. The minimum atomic E-state index is 0.0113. The highest BCUT2D eigenvalue weighted by molar-refractivity contribution is 5.29. The maximum atomic E-state index is 6.42. The first-order chi connectivity index (χ1) is 10.4. The maximum Gasteiger partial charge on any atom is 0.0988 e. The van der Waals surface area contributed by atoms with Crippen LogP contribution >= 0.6 is 0 Å². The van der Waals surface area contributed by atoms with E-state index in [9.17, 15) is 0 Å². The van der Waals surface area contributed by atoms with Gasteiger partial charge < -0.3 is 4.74 Å². The predicted octanol–water partition coefficient (Wildman–Crippen LogP) is 5.15. The quantitative estimate of drug-likeness (QED) is 0.729. The second kappa shape index (κ2) is 5.43. The first-order valence-electron chi connectivity index (χ1n) is 8.98. The molecule has 3 saturated carbocycles. The number of benzene rings is 1. The number of hydrogen-bond donors (Lipinski definition) is 0. The third-order valence-corrected chi connectivity index (χ3v) is 6.85. The number of hydrogen-bond acceptors (Lipinski definition) is 1. The molecule has 3 aliphatic rings. The third kappa shape index (κ3) is 1.93. The van der Waals surface area contributed by atoms with Gasteiger partial charge in [0.15, 0.2) is 0 Å². The van der Waals surface area contributed by atoms with Gasteiger partial charge in [-0.25, -0.2) is 0 Å². The van der Waals surface area contributed by atoms with Gasteiger partial charge in [0.05, 0.1) is 5.60 Å². The topological polar surface area (TPSA) is 9.23 Å². The molecule has 3 fully saturated rings. The Morgan fingerprint density at radius 1 is 0.810 bits per heavy atom. The second-order valence-electron chi connectivity index (χ2n) is 7.47. The Kier molecular flexibility index (Phi) is 3.57. The van der Waals surface area contributed by atoms with Gasteiger partial charge in [0.1, 0.15) is 0 Å². The van der Waals surface area contributed by atoms with E-state index in [1.165, 1.54) is 56.9 Å². The summed E-state index contributed by atoms with van der Waals surface area (Å²) in [6.07, 6.45) is 11.3. The highest BCUT2D eigenvalue weighted by Crippen LogP contribution is 2.64. The van der Waals surface area contributed by atoms with Crippen LogP contribution in [-0.4, -0.2) is 7.11 Å². The highest BCUT2D eigenvalue weighted by atomic mass is 16.5. The molecule has 0 spiro atoms. The van der Waals surface area contributed by atoms with Gasteiger partial charge in [0, 0.05) is 7.11 Å². The summed E-state index contributed by atoms with van der Waals surface area (Å²) in [7, 11) is 1.98. The molecule has 0 aliphatic heterocycles. The van der Waals surface area contributed by atoms with Crippen molar-refractivity contribution >= 4 is 0 Å². The molecular weight excluding hydrogens is 256 g/mol. The number of ether oxygens (including phenoxy) is 1. The van der Waals surface area contributed by atoms with Gasteiger partial charge in [0.25, 0.3) is 0 Å². The number of methoxy groups -OCH3 is 1. The molecule has 1 nitrogen and oxygen atoms in total. The summed E-state index contributed by atoms with van der Waals surface area (Å²) in [6.45, 7) is 0. The lowest BCUT2D eigenvalue weighted by molar-refractivity contribution is -0.0993. The molecular formula is C20H28O. The number of rotatable bonds is 2. The first kappa shape index (κ1) is 13.8. The molecule has 1 heteroatoms. The fourth-order valence-electron chi connectivity index (χ4n) is 6.23. The van der Waals surface area contributed by atoms with E-state index in [-0.39, 0.29) is 5.60 Å². The van der Waals surface area contributed by atoms with Crippen LogP contribution in [-0.2, 0) is 10.3 Å². The molecule has 1 aromatic carbocycles. The van der Waals surface area contributed by atoms with Crippen molar-refractivity contribution in [3.8, 4) is 0 Å². The molecule has 0 aromatic heterocycles. The molecule has 4 rings (SSSR count). The molecule has 1 unspecified atom stereocenters. The second-order valence-corrected chi connectivity index (χ2v) is 7.47. The van der Waals surface area contributed by atoms with E-state index in [0.717, 1.165) is 23.7 Å². The van der Waals surface area contributed by atoms with E-state index in [1.807, 2.05) is 7.11 Å². The SMILES string of the molecule is COC1(c2ccccc2)[C@@H]2CCCC[C@@H]2[C@H]2CCCC[C@@H]21. The van der Waals surface area contributed by atoms with Crippen LogP contribution in [0.5, 0.6) is 0 Å². The summed E-state index contributed by atoms with van der Waals surface area (Å²) in [5.41, 5.74) is 1.47. The van der Waals surface area contributed by atoms with E-state index in [1.54, 1.807) is 0 Å². The largest absolute Gasteiger partial charge is 0.373 e. The van der Waals surface area contributed by atoms with Crippen molar-refractivity contribution in [2.75, 3.05) is 7.11 Å². The molecule has 3 aliphatic carbocycles. The summed E-state index contributed by atoms with van der Waals surface area (Å²) in [4.78, 5) is 0. The smallest absolute Gasteiger partial charge is 0.0988 e. The van der Waals surface area contributed by atoms with Crippen LogP contribution in [0.1, 0.15) is 56.9 Å².